The second-order valence-corrected chi connectivity index (χ2v) is 10.4. The standard InChI is InChI=1S/C24H30N4O5S/c1-5-24(3,4)14-6-7-16-17(11-25)22(34-18(16)10-14)27-19(29)12-33-20(30)9-8-15-13(2)26-23(32)28-21(15)31/h14H,5-10,12H2,1-4H3,(H,27,29)(H2,26,28,31,32)/t14-/m0/s1. The third kappa shape index (κ3) is 5.65. The summed E-state index contributed by atoms with van der Waals surface area (Å²) in [5, 5.41) is 12.9. The van der Waals surface area contributed by atoms with Gasteiger partial charge in [0.25, 0.3) is 11.5 Å². The van der Waals surface area contributed by atoms with E-state index in [1.54, 1.807) is 6.92 Å². The van der Waals surface area contributed by atoms with E-state index >= 15 is 0 Å². The number of rotatable bonds is 8. The number of esters is 1. The Hall–Kier alpha value is -3.19. The molecule has 3 rings (SSSR count). The van der Waals surface area contributed by atoms with Crippen molar-refractivity contribution in [3.63, 3.8) is 0 Å². The summed E-state index contributed by atoms with van der Waals surface area (Å²) in [5.41, 5.74) is 1.24. The van der Waals surface area contributed by atoms with Crippen molar-refractivity contribution in [3.8, 4) is 6.07 Å². The molecule has 182 valence electrons. The summed E-state index contributed by atoms with van der Waals surface area (Å²) in [6.07, 6.45) is 3.76. The van der Waals surface area contributed by atoms with Crippen LogP contribution in [0.2, 0.25) is 0 Å². The molecule has 2 heterocycles. The van der Waals surface area contributed by atoms with Gasteiger partial charge in [-0.05, 0) is 49.5 Å². The number of ether oxygens (including phenoxy) is 1. The van der Waals surface area contributed by atoms with Gasteiger partial charge < -0.3 is 15.0 Å². The average molecular weight is 487 g/mol. The van der Waals surface area contributed by atoms with E-state index in [0.29, 0.717) is 22.2 Å². The molecule has 1 aliphatic carbocycles. The summed E-state index contributed by atoms with van der Waals surface area (Å²) in [4.78, 5) is 53.3. The topological polar surface area (TPSA) is 145 Å². The van der Waals surface area contributed by atoms with Gasteiger partial charge in [0, 0.05) is 22.6 Å². The van der Waals surface area contributed by atoms with Crippen molar-refractivity contribution in [2.75, 3.05) is 11.9 Å². The Morgan fingerprint density at radius 3 is 2.68 bits per heavy atom. The number of thiophene rings is 1. The zero-order chi connectivity index (χ0) is 25.0. The van der Waals surface area contributed by atoms with E-state index in [-0.39, 0.29) is 23.8 Å². The number of nitrogens with zero attached hydrogens (tertiary/aromatic N) is 1. The largest absolute Gasteiger partial charge is 0.456 e. The molecular weight excluding hydrogens is 456 g/mol. The molecule has 3 N–H and O–H groups in total. The number of fused-ring (bicyclic) bond motifs is 1. The highest BCUT2D eigenvalue weighted by molar-refractivity contribution is 7.16. The second kappa shape index (κ2) is 10.4. The summed E-state index contributed by atoms with van der Waals surface area (Å²) in [6.45, 7) is 7.82. The zero-order valence-electron chi connectivity index (χ0n) is 19.9. The summed E-state index contributed by atoms with van der Waals surface area (Å²) in [7, 11) is 0. The number of carbonyl (C=O) groups is 2. The molecule has 1 amide bonds. The highest BCUT2D eigenvalue weighted by Crippen LogP contribution is 2.45. The number of amides is 1. The fourth-order valence-corrected chi connectivity index (χ4v) is 5.58. The van der Waals surface area contributed by atoms with Gasteiger partial charge in [-0.1, -0.05) is 27.2 Å². The Kier molecular flexibility index (Phi) is 7.77. The Morgan fingerprint density at radius 1 is 1.29 bits per heavy atom. The molecule has 0 aliphatic heterocycles. The monoisotopic (exact) mass is 486 g/mol. The van der Waals surface area contributed by atoms with Crippen LogP contribution in [-0.4, -0.2) is 28.5 Å². The highest BCUT2D eigenvalue weighted by atomic mass is 32.1. The first-order valence-electron chi connectivity index (χ1n) is 11.4. The van der Waals surface area contributed by atoms with Gasteiger partial charge in [0.2, 0.25) is 0 Å². The van der Waals surface area contributed by atoms with Crippen LogP contribution < -0.4 is 16.6 Å². The average Bonchev–Trinajstić information content (AvgIpc) is 3.12. The van der Waals surface area contributed by atoms with Crippen LogP contribution in [0.25, 0.3) is 0 Å². The van der Waals surface area contributed by atoms with Gasteiger partial charge in [-0.15, -0.1) is 11.3 Å². The summed E-state index contributed by atoms with van der Waals surface area (Å²) >= 11 is 1.43. The van der Waals surface area contributed by atoms with Crippen LogP contribution in [-0.2, 0) is 33.6 Å². The summed E-state index contributed by atoms with van der Waals surface area (Å²) < 4.78 is 5.04. The third-order valence-electron chi connectivity index (χ3n) is 6.84. The number of carbonyl (C=O) groups excluding carboxylic acids is 2. The molecule has 0 unspecified atom stereocenters. The Bertz CT molecular complexity index is 1250. The van der Waals surface area contributed by atoms with Crippen molar-refractivity contribution in [2.45, 2.75) is 66.2 Å². The molecule has 0 radical (unpaired) electrons. The molecule has 2 aromatic heterocycles. The fourth-order valence-electron chi connectivity index (χ4n) is 4.28. The SMILES string of the molecule is CCC(C)(C)[C@H]1CCc2c(sc(NC(=O)COC(=O)CCc3c(C)[nH]c(=O)[nH]c3=O)c2C#N)C1. The molecule has 1 atom stereocenters. The highest BCUT2D eigenvalue weighted by Gasteiger charge is 2.34. The van der Waals surface area contributed by atoms with Crippen LogP contribution in [0.3, 0.4) is 0 Å². The Balaban J connectivity index is 1.57. The molecule has 0 bridgehead atoms. The van der Waals surface area contributed by atoms with Crippen LogP contribution in [0.1, 0.15) is 67.3 Å². The lowest BCUT2D eigenvalue weighted by molar-refractivity contribution is -0.147. The molecule has 34 heavy (non-hydrogen) atoms. The van der Waals surface area contributed by atoms with E-state index in [1.165, 1.54) is 11.3 Å². The first-order chi connectivity index (χ1) is 16.1. The van der Waals surface area contributed by atoms with Crippen molar-refractivity contribution in [3.05, 3.63) is 48.1 Å². The number of anilines is 1. The van der Waals surface area contributed by atoms with E-state index in [4.69, 9.17) is 4.74 Å². The first-order valence-corrected chi connectivity index (χ1v) is 12.2. The molecule has 0 fully saturated rings. The van der Waals surface area contributed by atoms with Gasteiger partial charge in [-0.25, -0.2) is 4.79 Å². The van der Waals surface area contributed by atoms with Gasteiger partial charge in [-0.3, -0.25) is 19.4 Å². The van der Waals surface area contributed by atoms with Crippen LogP contribution in [0.4, 0.5) is 5.00 Å². The number of aryl methyl sites for hydroxylation is 1. The Morgan fingerprint density at radius 2 is 2.03 bits per heavy atom. The van der Waals surface area contributed by atoms with Gasteiger partial charge >= 0.3 is 11.7 Å². The number of aromatic amines is 2. The number of nitriles is 1. The van der Waals surface area contributed by atoms with Crippen molar-refractivity contribution in [2.24, 2.45) is 11.3 Å². The van der Waals surface area contributed by atoms with Crippen LogP contribution in [0.5, 0.6) is 0 Å². The predicted molar refractivity (Wildman–Crippen MR) is 129 cm³/mol. The number of aromatic nitrogens is 2. The molecule has 0 spiro atoms. The summed E-state index contributed by atoms with van der Waals surface area (Å²) in [6, 6.07) is 2.22. The van der Waals surface area contributed by atoms with E-state index in [0.717, 1.165) is 36.1 Å². The molecule has 10 heteroatoms. The lowest BCUT2D eigenvalue weighted by Gasteiger charge is -2.36. The van der Waals surface area contributed by atoms with Crippen LogP contribution in [0, 0.1) is 29.6 Å². The lowest BCUT2D eigenvalue weighted by atomic mass is 9.69. The van der Waals surface area contributed by atoms with E-state index in [9.17, 15) is 24.4 Å². The molecule has 9 nitrogen and oxygen atoms in total. The van der Waals surface area contributed by atoms with E-state index < -0.39 is 29.7 Å². The van der Waals surface area contributed by atoms with E-state index in [2.05, 4.69) is 42.1 Å². The van der Waals surface area contributed by atoms with Gasteiger partial charge in [0.05, 0.1) is 5.56 Å². The zero-order valence-corrected chi connectivity index (χ0v) is 20.7. The number of hydrogen-bond acceptors (Lipinski definition) is 7. The van der Waals surface area contributed by atoms with Gasteiger partial charge in [-0.2, -0.15) is 5.26 Å². The number of nitrogens with one attached hydrogen (secondary N) is 3. The summed E-state index contributed by atoms with van der Waals surface area (Å²) in [5.74, 6) is -0.638. The second-order valence-electron chi connectivity index (χ2n) is 9.32. The lowest BCUT2D eigenvalue weighted by Crippen LogP contribution is -2.28. The molecule has 0 aromatic carbocycles. The molecule has 0 saturated heterocycles. The number of hydrogen-bond donors (Lipinski definition) is 3. The minimum atomic E-state index is -0.643. The van der Waals surface area contributed by atoms with Gasteiger partial charge in [0.1, 0.15) is 11.1 Å². The predicted octanol–water partition coefficient (Wildman–Crippen LogP) is 2.96. The maximum atomic E-state index is 12.4. The minimum absolute atomic E-state index is 0.0733. The third-order valence-corrected chi connectivity index (χ3v) is 8.01. The molecule has 1 aliphatic rings. The maximum absolute atomic E-state index is 12.4. The van der Waals surface area contributed by atoms with Crippen molar-refractivity contribution in [1.82, 2.24) is 9.97 Å². The first kappa shape index (κ1) is 25.4. The normalized spacial score (nSPS) is 15.3. The number of H-pyrrole nitrogens is 2. The molecule has 2 aromatic rings. The van der Waals surface area contributed by atoms with Crippen molar-refractivity contribution < 1.29 is 14.3 Å². The smallest absolute Gasteiger partial charge is 0.325 e. The van der Waals surface area contributed by atoms with Gasteiger partial charge in [0.15, 0.2) is 6.61 Å². The Labute approximate surface area is 201 Å². The van der Waals surface area contributed by atoms with Crippen molar-refractivity contribution in [1.29, 1.82) is 5.26 Å². The van der Waals surface area contributed by atoms with Crippen molar-refractivity contribution >= 4 is 28.2 Å². The van der Waals surface area contributed by atoms with Crippen LogP contribution in [0.15, 0.2) is 9.59 Å². The van der Waals surface area contributed by atoms with Crippen LogP contribution >= 0.6 is 11.3 Å². The van der Waals surface area contributed by atoms with E-state index in [1.807, 2.05) is 0 Å². The molecule has 0 saturated carbocycles. The fraction of sp³-hybridized carbons (Fsp3) is 0.542. The quantitative estimate of drug-likeness (QED) is 0.489. The maximum Gasteiger partial charge on any atom is 0.325 e. The molecular formula is C24H30N4O5S. The minimum Gasteiger partial charge on any atom is -0.456 e.